The summed E-state index contributed by atoms with van der Waals surface area (Å²) in [6, 6.07) is 4.59. The molecule has 2 aliphatic heterocycles. The van der Waals surface area contributed by atoms with Crippen LogP contribution in [0.1, 0.15) is 50.5 Å². The van der Waals surface area contributed by atoms with Gasteiger partial charge in [-0.05, 0) is 81.3 Å². The molecule has 3 N–H and O–H groups in total. The van der Waals surface area contributed by atoms with E-state index in [0.717, 1.165) is 44.3 Å². The van der Waals surface area contributed by atoms with Crippen molar-refractivity contribution in [2.24, 2.45) is 5.92 Å². The molecule has 15 heteroatoms. The fourth-order valence-electron chi connectivity index (χ4n) is 6.21. The second-order valence-electron chi connectivity index (χ2n) is 12.2. The van der Waals surface area contributed by atoms with Crippen molar-refractivity contribution >= 4 is 38.5 Å². The molecule has 0 radical (unpaired) electrons. The fraction of sp³-hybridized carbons (Fsp3) is 0.548. The number of benzene rings is 1. The normalized spacial score (nSPS) is 18.1. The van der Waals surface area contributed by atoms with Gasteiger partial charge in [0.05, 0.1) is 36.8 Å². The Balaban J connectivity index is 1.33. The molecule has 0 spiro atoms. The molecule has 0 bridgehead atoms. The van der Waals surface area contributed by atoms with E-state index in [1.165, 1.54) is 19.2 Å². The number of hydroxylamine groups is 1. The summed E-state index contributed by atoms with van der Waals surface area (Å²) in [6.45, 7) is 4.42. The summed E-state index contributed by atoms with van der Waals surface area (Å²) in [5.41, 5.74) is 4.19. The molecule has 46 heavy (non-hydrogen) atoms. The SMILES string of the molecule is COc1ncc(-c2nc(N3CCOCC3)nc3c(CN4CCC(CCCC(=O)NO)CC4)cc(F)cc23)cc1NS(=O)(=O)C1CC1. The summed E-state index contributed by atoms with van der Waals surface area (Å²) in [7, 11) is -2.18. The number of nitrogens with zero attached hydrogens (tertiary/aromatic N) is 5. The topological polar surface area (TPSA) is 159 Å². The maximum absolute atomic E-state index is 15.3. The van der Waals surface area contributed by atoms with Crippen LogP contribution < -0.4 is 19.8 Å². The van der Waals surface area contributed by atoms with Crippen LogP contribution in [0, 0.1) is 11.7 Å². The van der Waals surface area contributed by atoms with Crippen LogP contribution in [-0.4, -0.2) is 91.1 Å². The molecule has 248 valence electrons. The van der Waals surface area contributed by atoms with Gasteiger partial charge in [-0.1, -0.05) is 0 Å². The van der Waals surface area contributed by atoms with Crippen LogP contribution in [0.4, 0.5) is 16.0 Å². The average Bonchev–Trinajstić information content (AvgIpc) is 3.92. The summed E-state index contributed by atoms with van der Waals surface area (Å²) < 4.78 is 54.5. The Bertz CT molecular complexity index is 1680. The maximum Gasteiger partial charge on any atom is 0.243 e. The quantitative estimate of drug-likeness (QED) is 0.193. The van der Waals surface area contributed by atoms with Gasteiger partial charge in [-0.3, -0.25) is 19.6 Å². The number of sulfonamides is 1. The number of nitrogens with one attached hydrogen (secondary N) is 2. The van der Waals surface area contributed by atoms with Crippen molar-refractivity contribution in [3.05, 3.63) is 35.8 Å². The molecular weight excluding hydrogens is 617 g/mol. The third-order valence-corrected chi connectivity index (χ3v) is 10.8. The van der Waals surface area contributed by atoms with Crippen LogP contribution in [0.5, 0.6) is 5.88 Å². The first-order valence-electron chi connectivity index (χ1n) is 15.8. The minimum absolute atomic E-state index is 0.131. The van der Waals surface area contributed by atoms with Crippen LogP contribution in [0.15, 0.2) is 24.4 Å². The van der Waals surface area contributed by atoms with E-state index in [-0.39, 0.29) is 17.5 Å². The second kappa shape index (κ2) is 14.0. The smallest absolute Gasteiger partial charge is 0.243 e. The van der Waals surface area contributed by atoms with Gasteiger partial charge in [0.1, 0.15) is 11.5 Å². The minimum Gasteiger partial charge on any atom is -0.480 e. The van der Waals surface area contributed by atoms with Gasteiger partial charge in [0.2, 0.25) is 27.8 Å². The van der Waals surface area contributed by atoms with Gasteiger partial charge in [-0.2, -0.15) is 0 Å². The number of hydrogen-bond acceptors (Lipinski definition) is 11. The molecule has 6 rings (SSSR count). The molecule has 13 nitrogen and oxygen atoms in total. The molecule has 4 heterocycles. The fourth-order valence-corrected chi connectivity index (χ4v) is 7.59. The molecular formula is C31H40FN7O6S. The molecule has 1 aromatic carbocycles. The number of hydrogen-bond donors (Lipinski definition) is 3. The number of piperidine rings is 1. The van der Waals surface area contributed by atoms with Crippen LogP contribution in [-0.2, 0) is 26.1 Å². The van der Waals surface area contributed by atoms with Crippen molar-refractivity contribution in [1.29, 1.82) is 0 Å². The van der Waals surface area contributed by atoms with E-state index in [4.69, 9.17) is 24.6 Å². The summed E-state index contributed by atoms with van der Waals surface area (Å²) in [5.74, 6) is 0.323. The number of amides is 1. The van der Waals surface area contributed by atoms with Gasteiger partial charge < -0.3 is 14.4 Å². The number of fused-ring (bicyclic) bond motifs is 1. The van der Waals surface area contributed by atoms with Gasteiger partial charge in [0.15, 0.2) is 0 Å². The second-order valence-corrected chi connectivity index (χ2v) is 14.2. The largest absolute Gasteiger partial charge is 0.480 e. The molecule has 2 aromatic heterocycles. The molecule has 1 amide bonds. The first kappa shape index (κ1) is 32.3. The van der Waals surface area contributed by atoms with E-state index in [1.54, 1.807) is 17.7 Å². The first-order valence-corrected chi connectivity index (χ1v) is 17.3. The number of ether oxygens (including phenoxy) is 2. The number of halogens is 1. The van der Waals surface area contributed by atoms with Crippen molar-refractivity contribution in [1.82, 2.24) is 25.3 Å². The lowest BCUT2D eigenvalue weighted by Gasteiger charge is -2.32. The van der Waals surface area contributed by atoms with E-state index in [1.807, 2.05) is 4.90 Å². The molecule has 1 saturated carbocycles. The molecule has 1 aliphatic carbocycles. The van der Waals surface area contributed by atoms with E-state index in [2.05, 4.69) is 14.6 Å². The Morgan fingerprint density at radius 2 is 1.87 bits per heavy atom. The Hall–Kier alpha value is -3.66. The van der Waals surface area contributed by atoms with Crippen molar-refractivity contribution in [3.8, 4) is 17.1 Å². The number of pyridine rings is 1. The number of carbonyl (C=O) groups excluding carboxylic acids is 1. The predicted molar refractivity (Wildman–Crippen MR) is 170 cm³/mol. The number of likely N-dealkylation sites (tertiary alicyclic amines) is 1. The zero-order valence-electron chi connectivity index (χ0n) is 25.9. The highest BCUT2D eigenvalue weighted by atomic mass is 32.2. The predicted octanol–water partition coefficient (Wildman–Crippen LogP) is 3.47. The molecule has 2 saturated heterocycles. The number of morpholine rings is 1. The van der Waals surface area contributed by atoms with Crippen LogP contribution in [0.2, 0.25) is 0 Å². The van der Waals surface area contributed by atoms with Gasteiger partial charge >= 0.3 is 0 Å². The van der Waals surface area contributed by atoms with E-state index < -0.39 is 21.1 Å². The number of methoxy groups -OCH3 is 1. The third kappa shape index (κ3) is 7.48. The number of aromatic nitrogens is 3. The highest BCUT2D eigenvalue weighted by Gasteiger charge is 2.36. The van der Waals surface area contributed by atoms with Crippen LogP contribution >= 0.6 is 0 Å². The highest BCUT2D eigenvalue weighted by Crippen LogP contribution is 2.37. The minimum atomic E-state index is -3.60. The number of anilines is 2. The number of carbonyl (C=O) groups is 1. The van der Waals surface area contributed by atoms with Crippen LogP contribution in [0.3, 0.4) is 0 Å². The van der Waals surface area contributed by atoms with Gasteiger partial charge in [-0.25, -0.2) is 33.2 Å². The van der Waals surface area contributed by atoms with Crippen molar-refractivity contribution in [2.75, 3.05) is 56.1 Å². The molecule has 3 aliphatic rings. The van der Waals surface area contributed by atoms with Gasteiger partial charge in [0.25, 0.3) is 0 Å². The van der Waals surface area contributed by atoms with Crippen LogP contribution in [0.25, 0.3) is 22.2 Å². The maximum atomic E-state index is 15.3. The highest BCUT2D eigenvalue weighted by molar-refractivity contribution is 7.93. The summed E-state index contributed by atoms with van der Waals surface area (Å²) in [5, 5.41) is 8.79. The molecule has 0 atom stereocenters. The lowest BCUT2D eigenvalue weighted by molar-refractivity contribution is -0.129. The summed E-state index contributed by atoms with van der Waals surface area (Å²) >= 11 is 0. The third-order valence-electron chi connectivity index (χ3n) is 8.90. The molecule has 0 unspecified atom stereocenters. The van der Waals surface area contributed by atoms with E-state index in [9.17, 15) is 13.2 Å². The molecule has 3 aromatic rings. The van der Waals surface area contributed by atoms with E-state index in [0.29, 0.717) is 86.1 Å². The zero-order chi connectivity index (χ0) is 32.3. The Morgan fingerprint density at radius 1 is 1.11 bits per heavy atom. The Kier molecular flexibility index (Phi) is 9.82. The van der Waals surface area contributed by atoms with E-state index >= 15 is 4.39 Å². The van der Waals surface area contributed by atoms with Gasteiger partial charge in [-0.15, -0.1) is 0 Å². The zero-order valence-corrected chi connectivity index (χ0v) is 26.7. The lowest BCUT2D eigenvalue weighted by Crippen LogP contribution is -2.37. The number of rotatable bonds is 12. The first-order chi connectivity index (χ1) is 22.2. The monoisotopic (exact) mass is 657 g/mol. The lowest BCUT2D eigenvalue weighted by atomic mass is 9.91. The molecule has 3 fully saturated rings. The average molecular weight is 658 g/mol. The Labute approximate surface area is 267 Å². The van der Waals surface area contributed by atoms with Crippen molar-refractivity contribution < 1.29 is 32.3 Å². The van der Waals surface area contributed by atoms with Crippen molar-refractivity contribution in [2.45, 2.75) is 56.7 Å². The summed E-state index contributed by atoms with van der Waals surface area (Å²) in [6.07, 6.45) is 6.63. The standard InChI is InChI=1S/C31H40FN7O6S/c1-44-30-26(37-46(42,43)24-5-6-24)16-21(18-33-30)28-25-17-23(32)15-22(29(25)35-31(34-28)39-11-13-45-14-12-39)19-38-9-7-20(8-10-38)3-2-4-27(40)36-41/h15-18,20,24,37,41H,2-14,19H2,1H3,(H,36,40). The Morgan fingerprint density at radius 3 is 2.57 bits per heavy atom. The van der Waals surface area contributed by atoms with Crippen molar-refractivity contribution in [3.63, 3.8) is 0 Å². The van der Waals surface area contributed by atoms with Gasteiger partial charge in [0, 0.05) is 43.2 Å². The summed E-state index contributed by atoms with van der Waals surface area (Å²) in [4.78, 5) is 29.9.